The van der Waals surface area contributed by atoms with Crippen LogP contribution in [0.5, 0.6) is 5.75 Å². The van der Waals surface area contributed by atoms with Crippen LogP contribution < -0.4 is 4.18 Å². The second-order valence-electron chi connectivity index (χ2n) is 7.10. The summed E-state index contributed by atoms with van der Waals surface area (Å²) in [6, 6.07) is 19.1. The predicted molar refractivity (Wildman–Crippen MR) is 118 cm³/mol. The van der Waals surface area contributed by atoms with Crippen LogP contribution in [0.15, 0.2) is 71.6 Å². The fourth-order valence-electron chi connectivity index (χ4n) is 3.21. The molecule has 0 bridgehead atoms. The van der Waals surface area contributed by atoms with Gasteiger partial charge in [-0.15, -0.1) is 0 Å². The fraction of sp³-hybridized carbons (Fsp3) is 0.273. The van der Waals surface area contributed by atoms with Gasteiger partial charge in [-0.3, -0.25) is 0 Å². The Labute approximate surface area is 178 Å². The minimum absolute atomic E-state index is 0.185. The second kappa shape index (κ2) is 9.16. The third-order valence-electron chi connectivity index (χ3n) is 4.66. The van der Waals surface area contributed by atoms with Crippen LogP contribution in [0.4, 0.5) is 0 Å². The zero-order valence-electron chi connectivity index (χ0n) is 17.0. The van der Waals surface area contributed by atoms with Gasteiger partial charge in [0, 0.05) is 18.5 Å². The zero-order valence-corrected chi connectivity index (χ0v) is 18.6. The van der Waals surface area contributed by atoms with Gasteiger partial charge >= 0.3 is 10.1 Å². The van der Waals surface area contributed by atoms with E-state index in [4.69, 9.17) is 4.18 Å². The molecule has 0 radical (unpaired) electrons. The Balaban J connectivity index is 1.93. The summed E-state index contributed by atoms with van der Waals surface area (Å²) in [7, 11) is -7.34. The van der Waals surface area contributed by atoms with Gasteiger partial charge in [0.25, 0.3) is 0 Å². The molecule has 3 aromatic rings. The first-order valence-electron chi connectivity index (χ1n) is 9.67. The summed E-state index contributed by atoms with van der Waals surface area (Å²) in [5, 5.41) is 1.56. The van der Waals surface area contributed by atoms with Gasteiger partial charge in [0.05, 0.1) is 11.2 Å². The van der Waals surface area contributed by atoms with E-state index >= 15 is 0 Å². The lowest BCUT2D eigenvalue weighted by Gasteiger charge is -2.23. The Kier molecular flexibility index (Phi) is 6.80. The van der Waals surface area contributed by atoms with Gasteiger partial charge in [-0.25, -0.2) is 8.42 Å². The molecular formula is C22H25NO5S2. The molecule has 0 spiro atoms. The van der Waals surface area contributed by atoms with E-state index < -0.39 is 20.1 Å². The molecule has 0 aromatic heterocycles. The molecule has 30 heavy (non-hydrogen) atoms. The molecular weight excluding hydrogens is 422 g/mol. The van der Waals surface area contributed by atoms with E-state index in [1.165, 1.54) is 16.4 Å². The van der Waals surface area contributed by atoms with E-state index in [0.717, 1.165) is 30.0 Å². The summed E-state index contributed by atoms with van der Waals surface area (Å²) in [5.74, 6) is 0.193. The SMILES string of the molecule is CCCCN(Cc1ccc(OS(C)(=O)=O)cc1)S(=O)(=O)c1cccc2ccccc12. The van der Waals surface area contributed by atoms with E-state index in [1.54, 1.807) is 24.3 Å². The number of hydrogen-bond acceptors (Lipinski definition) is 5. The van der Waals surface area contributed by atoms with Crippen molar-refractivity contribution in [3.05, 3.63) is 72.3 Å². The van der Waals surface area contributed by atoms with Gasteiger partial charge in [0.1, 0.15) is 5.75 Å². The molecule has 8 heteroatoms. The van der Waals surface area contributed by atoms with Crippen LogP contribution in [0.1, 0.15) is 25.3 Å². The standard InChI is InChI=1S/C22H25NO5S2/c1-3-4-16-23(17-18-12-14-20(15-13-18)28-29(2,24)25)30(26,27)22-11-7-9-19-8-5-6-10-21(19)22/h5-15H,3-4,16-17H2,1-2H3. The van der Waals surface area contributed by atoms with Crippen molar-refractivity contribution in [2.24, 2.45) is 0 Å². The van der Waals surface area contributed by atoms with Gasteiger partial charge in [-0.05, 0) is 35.6 Å². The van der Waals surface area contributed by atoms with Crippen LogP contribution in [0.25, 0.3) is 10.8 Å². The Morgan fingerprint density at radius 2 is 1.53 bits per heavy atom. The highest BCUT2D eigenvalue weighted by Crippen LogP contribution is 2.27. The molecule has 0 amide bonds. The average molecular weight is 448 g/mol. The van der Waals surface area contributed by atoms with E-state index in [2.05, 4.69) is 0 Å². The van der Waals surface area contributed by atoms with Gasteiger partial charge in [0.2, 0.25) is 10.0 Å². The summed E-state index contributed by atoms with van der Waals surface area (Å²) in [5.41, 5.74) is 0.746. The van der Waals surface area contributed by atoms with Crippen molar-refractivity contribution < 1.29 is 21.0 Å². The molecule has 0 aliphatic rings. The molecule has 3 rings (SSSR count). The van der Waals surface area contributed by atoms with Crippen molar-refractivity contribution in [2.45, 2.75) is 31.2 Å². The lowest BCUT2D eigenvalue weighted by molar-refractivity contribution is 0.398. The quantitative estimate of drug-likeness (QED) is 0.460. The predicted octanol–water partition coefficient (Wildman–Crippen LogP) is 4.17. The number of rotatable bonds is 9. The molecule has 0 saturated carbocycles. The largest absolute Gasteiger partial charge is 0.383 e. The van der Waals surface area contributed by atoms with Crippen molar-refractivity contribution in [3.63, 3.8) is 0 Å². The van der Waals surface area contributed by atoms with Crippen LogP contribution in [0.2, 0.25) is 0 Å². The maximum atomic E-state index is 13.5. The molecule has 0 fully saturated rings. The average Bonchev–Trinajstić information content (AvgIpc) is 2.70. The van der Waals surface area contributed by atoms with Crippen molar-refractivity contribution in [1.29, 1.82) is 0 Å². The van der Waals surface area contributed by atoms with Crippen molar-refractivity contribution in [2.75, 3.05) is 12.8 Å². The molecule has 0 unspecified atom stereocenters. The van der Waals surface area contributed by atoms with Crippen molar-refractivity contribution in [1.82, 2.24) is 4.31 Å². The Morgan fingerprint density at radius 3 is 2.20 bits per heavy atom. The van der Waals surface area contributed by atoms with Gasteiger partial charge in [0.15, 0.2) is 0 Å². The van der Waals surface area contributed by atoms with Crippen LogP contribution in [0, 0.1) is 0 Å². The lowest BCUT2D eigenvalue weighted by Crippen LogP contribution is -2.31. The maximum Gasteiger partial charge on any atom is 0.306 e. The minimum Gasteiger partial charge on any atom is -0.383 e. The molecule has 6 nitrogen and oxygen atoms in total. The third-order valence-corrected chi connectivity index (χ3v) is 7.06. The highest BCUT2D eigenvalue weighted by atomic mass is 32.2. The number of unbranched alkanes of at least 4 members (excludes halogenated alkanes) is 1. The van der Waals surface area contributed by atoms with E-state index in [-0.39, 0.29) is 17.2 Å². The number of benzene rings is 3. The normalized spacial score (nSPS) is 12.4. The van der Waals surface area contributed by atoms with Crippen LogP contribution in [-0.4, -0.2) is 33.9 Å². The Hall–Kier alpha value is -2.42. The number of fused-ring (bicyclic) bond motifs is 1. The van der Waals surface area contributed by atoms with Gasteiger partial charge in [-0.1, -0.05) is 61.9 Å². The molecule has 0 aliphatic carbocycles. The van der Waals surface area contributed by atoms with Crippen LogP contribution in [-0.2, 0) is 26.7 Å². The summed E-state index contributed by atoms with van der Waals surface area (Å²) in [6.45, 7) is 2.59. The van der Waals surface area contributed by atoms with E-state index in [0.29, 0.717) is 11.9 Å². The van der Waals surface area contributed by atoms with E-state index in [9.17, 15) is 16.8 Å². The number of hydrogen-bond donors (Lipinski definition) is 0. The smallest absolute Gasteiger partial charge is 0.306 e. The second-order valence-corrected chi connectivity index (χ2v) is 10.6. The third kappa shape index (κ3) is 5.38. The van der Waals surface area contributed by atoms with Crippen LogP contribution >= 0.6 is 0 Å². The molecule has 0 N–H and O–H groups in total. The summed E-state index contributed by atoms with van der Waals surface area (Å²) in [6.07, 6.45) is 2.58. The lowest BCUT2D eigenvalue weighted by atomic mass is 10.1. The highest BCUT2D eigenvalue weighted by molar-refractivity contribution is 7.89. The minimum atomic E-state index is -3.73. The molecule has 3 aromatic carbocycles. The van der Waals surface area contributed by atoms with Gasteiger partial charge < -0.3 is 4.18 Å². The van der Waals surface area contributed by atoms with E-state index in [1.807, 2.05) is 37.3 Å². The van der Waals surface area contributed by atoms with Crippen molar-refractivity contribution >= 4 is 30.9 Å². The summed E-state index contributed by atoms with van der Waals surface area (Å²) < 4.78 is 55.9. The fourth-order valence-corrected chi connectivity index (χ4v) is 5.35. The summed E-state index contributed by atoms with van der Waals surface area (Å²) in [4.78, 5) is 0.286. The Bertz CT molecular complexity index is 1210. The molecule has 0 aliphatic heterocycles. The number of nitrogens with zero attached hydrogens (tertiary/aromatic N) is 1. The number of sulfonamides is 1. The molecule has 160 valence electrons. The van der Waals surface area contributed by atoms with Crippen LogP contribution in [0.3, 0.4) is 0 Å². The monoisotopic (exact) mass is 447 g/mol. The maximum absolute atomic E-state index is 13.5. The topological polar surface area (TPSA) is 80.8 Å². The molecule has 0 saturated heterocycles. The first kappa shape index (κ1) is 22.3. The molecule has 0 atom stereocenters. The molecule has 0 heterocycles. The van der Waals surface area contributed by atoms with Crippen molar-refractivity contribution in [3.8, 4) is 5.75 Å². The summed E-state index contributed by atoms with van der Waals surface area (Å²) >= 11 is 0. The zero-order chi connectivity index (χ0) is 21.8. The first-order chi connectivity index (χ1) is 14.2. The van der Waals surface area contributed by atoms with Gasteiger partial charge in [-0.2, -0.15) is 12.7 Å². The Morgan fingerprint density at radius 1 is 0.867 bits per heavy atom. The first-order valence-corrected chi connectivity index (χ1v) is 12.9. The highest BCUT2D eigenvalue weighted by Gasteiger charge is 2.26.